The molecule has 2 N–H and O–H groups in total. The van der Waals surface area contributed by atoms with E-state index in [1.54, 1.807) is 31.2 Å². The van der Waals surface area contributed by atoms with Crippen LogP contribution in [0.3, 0.4) is 0 Å². The summed E-state index contributed by atoms with van der Waals surface area (Å²) in [6.07, 6.45) is 6.40. The number of carbonyl (C=O) groups excluding carboxylic acids is 1. The Labute approximate surface area is 160 Å². The van der Waals surface area contributed by atoms with Crippen molar-refractivity contribution < 1.29 is 23.1 Å². The third-order valence-corrected chi connectivity index (χ3v) is 6.39. The van der Waals surface area contributed by atoms with Crippen molar-refractivity contribution in [2.24, 2.45) is 0 Å². The maximum Gasteiger partial charge on any atom is 0.326 e. The Kier molecular flexibility index (Phi) is 7.55. The van der Waals surface area contributed by atoms with E-state index in [2.05, 4.69) is 5.32 Å². The number of carboxylic acids is 1. The highest BCUT2D eigenvalue weighted by Crippen LogP contribution is 2.21. The number of sulfonamides is 1. The summed E-state index contributed by atoms with van der Waals surface area (Å²) in [6, 6.07) is 5.21. The van der Waals surface area contributed by atoms with Crippen LogP contribution >= 0.6 is 0 Å². The van der Waals surface area contributed by atoms with Crippen molar-refractivity contribution in [2.75, 3.05) is 13.1 Å². The maximum atomic E-state index is 12.6. The largest absolute Gasteiger partial charge is 0.480 e. The first-order chi connectivity index (χ1) is 12.8. The molecule has 0 aliphatic carbocycles. The molecule has 1 aromatic rings. The number of nitrogens with one attached hydrogen (secondary N) is 1. The predicted molar refractivity (Wildman–Crippen MR) is 102 cm³/mol. The topological polar surface area (TPSA) is 104 Å². The summed E-state index contributed by atoms with van der Waals surface area (Å²) in [7, 11) is -3.50. The average molecular weight is 394 g/mol. The molecular weight excluding hydrogens is 368 g/mol. The molecule has 0 saturated carbocycles. The molecule has 1 aliphatic rings. The standard InChI is InChI=1S/C19H26N2O5S/c1-2-3-7-17(19(23)24)20-18(22)14-15-8-10-16(11-9-15)27(25,26)21-12-5-4-6-13-21/h2-3,8-11,17H,4-7,12-14H2,1H3,(H,20,22)(H,23,24)/b3-2+. The van der Waals surface area contributed by atoms with Crippen molar-refractivity contribution in [3.8, 4) is 0 Å². The van der Waals surface area contributed by atoms with Gasteiger partial charge in [-0.15, -0.1) is 0 Å². The van der Waals surface area contributed by atoms with Crippen molar-refractivity contribution in [2.45, 2.75) is 50.0 Å². The molecule has 1 aliphatic heterocycles. The molecule has 7 nitrogen and oxygen atoms in total. The molecule has 1 saturated heterocycles. The van der Waals surface area contributed by atoms with Crippen LogP contribution < -0.4 is 5.32 Å². The van der Waals surface area contributed by atoms with Crippen molar-refractivity contribution in [1.29, 1.82) is 0 Å². The van der Waals surface area contributed by atoms with Crippen LogP contribution in [0.15, 0.2) is 41.3 Å². The first kappa shape index (κ1) is 21.1. The van der Waals surface area contributed by atoms with Crippen molar-refractivity contribution >= 4 is 21.9 Å². The number of benzene rings is 1. The van der Waals surface area contributed by atoms with Gasteiger partial charge in [0.15, 0.2) is 0 Å². The third kappa shape index (κ3) is 5.90. The van der Waals surface area contributed by atoms with Crippen LogP contribution in [0.5, 0.6) is 0 Å². The van der Waals surface area contributed by atoms with E-state index in [-0.39, 0.29) is 17.7 Å². The van der Waals surface area contributed by atoms with Gasteiger partial charge in [0, 0.05) is 13.1 Å². The van der Waals surface area contributed by atoms with Gasteiger partial charge in [-0.3, -0.25) is 4.79 Å². The van der Waals surface area contributed by atoms with Crippen LogP contribution in [-0.4, -0.2) is 48.8 Å². The number of aliphatic carboxylic acids is 1. The fraction of sp³-hybridized carbons (Fsp3) is 0.474. The molecule has 0 bridgehead atoms. The summed E-state index contributed by atoms with van der Waals surface area (Å²) in [5.74, 6) is -1.51. The first-order valence-corrected chi connectivity index (χ1v) is 10.5. The van der Waals surface area contributed by atoms with Gasteiger partial charge in [0.05, 0.1) is 11.3 Å². The normalized spacial score (nSPS) is 16.9. The number of piperidine rings is 1. The number of hydrogen-bond donors (Lipinski definition) is 2. The van der Waals surface area contributed by atoms with Gasteiger partial charge in [0.2, 0.25) is 15.9 Å². The number of nitrogens with zero attached hydrogens (tertiary/aromatic N) is 1. The Hall–Kier alpha value is -2.19. The fourth-order valence-corrected chi connectivity index (χ4v) is 4.48. The molecule has 0 radical (unpaired) electrons. The van der Waals surface area contributed by atoms with Gasteiger partial charge in [-0.05, 0) is 43.9 Å². The van der Waals surface area contributed by atoms with E-state index in [0.29, 0.717) is 18.7 Å². The first-order valence-electron chi connectivity index (χ1n) is 9.07. The average Bonchev–Trinajstić information content (AvgIpc) is 2.66. The molecule has 1 heterocycles. The number of allylic oxidation sites excluding steroid dienone is 1. The van der Waals surface area contributed by atoms with Gasteiger partial charge in [-0.1, -0.05) is 30.7 Å². The van der Waals surface area contributed by atoms with E-state index in [1.165, 1.54) is 16.4 Å². The lowest BCUT2D eigenvalue weighted by molar-refractivity contribution is -0.141. The Morgan fingerprint density at radius 2 is 1.81 bits per heavy atom. The number of hydrogen-bond acceptors (Lipinski definition) is 4. The van der Waals surface area contributed by atoms with Crippen LogP contribution in [0, 0.1) is 0 Å². The Morgan fingerprint density at radius 1 is 1.19 bits per heavy atom. The monoisotopic (exact) mass is 394 g/mol. The summed E-state index contributed by atoms with van der Waals surface area (Å²) >= 11 is 0. The summed E-state index contributed by atoms with van der Waals surface area (Å²) in [5.41, 5.74) is 0.625. The molecule has 1 atom stereocenters. The molecule has 0 spiro atoms. The zero-order valence-corrected chi connectivity index (χ0v) is 16.2. The molecular formula is C19H26N2O5S. The quantitative estimate of drug-likeness (QED) is 0.656. The van der Waals surface area contributed by atoms with Crippen LogP contribution in [0.4, 0.5) is 0 Å². The Balaban J connectivity index is 2.00. The summed E-state index contributed by atoms with van der Waals surface area (Å²) in [6.45, 7) is 2.85. The lowest BCUT2D eigenvalue weighted by Gasteiger charge is -2.25. The van der Waals surface area contributed by atoms with E-state index >= 15 is 0 Å². The van der Waals surface area contributed by atoms with Crippen molar-refractivity contribution in [1.82, 2.24) is 9.62 Å². The molecule has 1 amide bonds. The van der Waals surface area contributed by atoms with E-state index in [1.807, 2.05) is 0 Å². The van der Waals surface area contributed by atoms with Gasteiger partial charge in [-0.2, -0.15) is 4.31 Å². The van der Waals surface area contributed by atoms with E-state index < -0.39 is 27.9 Å². The van der Waals surface area contributed by atoms with Gasteiger partial charge >= 0.3 is 5.97 Å². The minimum absolute atomic E-state index is 0.0103. The Bertz CT molecular complexity index is 781. The highest BCUT2D eigenvalue weighted by atomic mass is 32.2. The zero-order valence-electron chi connectivity index (χ0n) is 15.4. The predicted octanol–water partition coefficient (Wildman–Crippen LogP) is 1.94. The van der Waals surface area contributed by atoms with E-state index in [0.717, 1.165) is 19.3 Å². The summed E-state index contributed by atoms with van der Waals surface area (Å²) in [4.78, 5) is 23.5. The van der Waals surface area contributed by atoms with Crippen molar-refractivity contribution in [3.05, 3.63) is 42.0 Å². The van der Waals surface area contributed by atoms with Gasteiger partial charge < -0.3 is 10.4 Å². The molecule has 148 valence electrons. The lowest BCUT2D eigenvalue weighted by atomic mass is 10.1. The molecule has 2 rings (SSSR count). The molecule has 1 unspecified atom stereocenters. The molecule has 8 heteroatoms. The van der Waals surface area contributed by atoms with Gasteiger partial charge in [0.1, 0.15) is 6.04 Å². The van der Waals surface area contributed by atoms with E-state index in [4.69, 9.17) is 5.11 Å². The summed E-state index contributed by atoms with van der Waals surface area (Å²) < 4.78 is 26.7. The van der Waals surface area contributed by atoms with Crippen LogP contribution in [0.1, 0.15) is 38.2 Å². The number of amides is 1. The van der Waals surface area contributed by atoms with Crippen LogP contribution in [0.25, 0.3) is 0 Å². The van der Waals surface area contributed by atoms with Crippen molar-refractivity contribution in [3.63, 3.8) is 0 Å². The fourth-order valence-electron chi connectivity index (χ4n) is 2.96. The molecule has 0 aromatic heterocycles. The zero-order chi connectivity index (χ0) is 19.9. The highest BCUT2D eigenvalue weighted by Gasteiger charge is 2.26. The molecule has 1 fully saturated rings. The van der Waals surface area contributed by atoms with E-state index in [9.17, 15) is 18.0 Å². The number of carboxylic acid groups (broad SMARTS) is 1. The third-order valence-electron chi connectivity index (χ3n) is 4.48. The number of carbonyl (C=O) groups is 2. The second kappa shape index (κ2) is 9.66. The minimum Gasteiger partial charge on any atom is -0.480 e. The minimum atomic E-state index is -3.50. The Morgan fingerprint density at radius 3 is 2.37 bits per heavy atom. The van der Waals surface area contributed by atoms with Gasteiger partial charge in [-0.25, -0.2) is 13.2 Å². The second-order valence-corrected chi connectivity index (χ2v) is 8.49. The second-order valence-electron chi connectivity index (χ2n) is 6.55. The lowest BCUT2D eigenvalue weighted by Crippen LogP contribution is -2.41. The van der Waals surface area contributed by atoms with Crippen LogP contribution in [-0.2, 0) is 26.0 Å². The maximum absolute atomic E-state index is 12.6. The highest BCUT2D eigenvalue weighted by molar-refractivity contribution is 7.89. The molecule has 1 aromatic carbocycles. The number of rotatable bonds is 8. The smallest absolute Gasteiger partial charge is 0.326 e. The van der Waals surface area contributed by atoms with Gasteiger partial charge in [0.25, 0.3) is 0 Å². The SMILES string of the molecule is C/C=C/CC(NC(=O)Cc1ccc(S(=O)(=O)N2CCCCC2)cc1)C(=O)O. The summed E-state index contributed by atoms with van der Waals surface area (Å²) in [5, 5.41) is 11.6. The molecule has 27 heavy (non-hydrogen) atoms. The van der Waals surface area contributed by atoms with Crippen LogP contribution in [0.2, 0.25) is 0 Å².